The van der Waals surface area contributed by atoms with Crippen molar-refractivity contribution in [2.45, 2.75) is 38.7 Å². The molecule has 0 unspecified atom stereocenters. The van der Waals surface area contributed by atoms with Gasteiger partial charge in [-0.2, -0.15) is 11.3 Å². The molecule has 1 aromatic heterocycles. The lowest BCUT2D eigenvalue weighted by Gasteiger charge is -2.24. The predicted octanol–water partition coefficient (Wildman–Crippen LogP) is 6.70. The number of rotatable bonds is 13. The van der Waals surface area contributed by atoms with E-state index >= 15 is 0 Å². The number of carbonyl (C=O) groups excluding carboxylic acids is 2. The highest BCUT2D eigenvalue weighted by Crippen LogP contribution is 2.25. The number of para-hydroxylation sites is 1. The molecule has 2 N–H and O–H groups in total. The molecule has 1 heterocycles. The number of ether oxygens (including phenoxy) is 1. The summed E-state index contributed by atoms with van der Waals surface area (Å²) < 4.78 is 24.1. The largest absolute Gasteiger partial charge is 0.493 e. The van der Waals surface area contributed by atoms with Crippen LogP contribution in [0.25, 0.3) is 11.1 Å². The van der Waals surface area contributed by atoms with Gasteiger partial charge in [0.15, 0.2) is 0 Å². The average Bonchev–Trinajstić information content (AvgIpc) is 3.53. The van der Waals surface area contributed by atoms with Crippen molar-refractivity contribution in [2.75, 3.05) is 6.61 Å². The second kappa shape index (κ2) is 14.1. The van der Waals surface area contributed by atoms with Crippen LogP contribution in [0.15, 0.2) is 95.7 Å². The van der Waals surface area contributed by atoms with Crippen molar-refractivity contribution < 1.29 is 22.3 Å². The highest BCUT2D eigenvalue weighted by molar-refractivity contribution is 7.08. The fourth-order valence-corrected chi connectivity index (χ4v) is 4.63. The van der Waals surface area contributed by atoms with Gasteiger partial charge in [0.2, 0.25) is 5.91 Å². The molecule has 0 aliphatic rings. The lowest BCUT2D eigenvalue weighted by molar-refractivity contribution is -0.129. The quantitative estimate of drug-likeness (QED) is 0.115. The van der Waals surface area contributed by atoms with Crippen molar-refractivity contribution in [1.82, 2.24) is 10.4 Å². The topological polar surface area (TPSA) is 78.9 Å². The Bertz CT molecular complexity index is 1380. The Morgan fingerprint density at radius 3 is 2.39 bits per heavy atom. The molecule has 3 aromatic carbocycles. The molecular weight excluding hydrogens is 496 g/mol. The smallest absolute Gasteiger partial charge is 0.254 e. The number of unbranched alkanes of at least 4 members (excludes halogenated alkanes) is 2. The van der Waals surface area contributed by atoms with Crippen molar-refractivity contribution in [3.8, 4) is 16.9 Å². The van der Waals surface area contributed by atoms with Gasteiger partial charge in [0.1, 0.15) is 5.75 Å². The number of carbonyl (C=O) groups is 2. The van der Waals surface area contributed by atoms with Crippen LogP contribution < -0.4 is 10.2 Å². The van der Waals surface area contributed by atoms with Gasteiger partial charge < -0.3 is 9.64 Å². The third kappa shape index (κ3) is 7.78. The van der Waals surface area contributed by atoms with Crippen molar-refractivity contribution in [3.63, 3.8) is 0 Å². The number of nitrogens with one attached hydrogen (secondary N) is 1. The van der Waals surface area contributed by atoms with E-state index in [-0.39, 0.29) is 13.0 Å². The molecular formula is C31H32N2O4S. The number of hydrogen-bond donors (Lipinski definition) is 2. The SMILES string of the molecule is [2H]C([2H])(c1ccccc1)N(Cc1ccccc1OCCCCCC(=O)NO)C(=O)c1ccc(-c2ccsc2)cc1. The van der Waals surface area contributed by atoms with E-state index in [0.29, 0.717) is 41.9 Å². The monoisotopic (exact) mass is 530 g/mol. The molecule has 4 rings (SSSR count). The molecule has 0 aliphatic carbocycles. The van der Waals surface area contributed by atoms with Crippen LogP contribution in [-0.2, 0) is 17.8 Å². The van der Waals surface area contributed by atoms with Crippen LogP contribution in [0.5, 0.6) is 5.75 Å². The summed E-state index contributed by atoms with van der Waals surface area (Å²) >= 11 is 1.60. The molecule has 0 fully saturated rings. The lowest BCUT2D eigenvalue weighted by Crippen LogP contribution is -2.30. The maximum Gasteiger partial charge on any atom is 0.254 e. The molecule has 0 bridgehead atoms. The summed E-state index contributed by atoms with van der Waals surface area (Å²) in [5.41, 5.74) is 5.15. The third-order valence-electron chi connectivity index (χ3n) is 6.00. The van der Waals surface area contributed by atoms with Crippen LogP contribution in [0.1, 0.15) is 49.9 Å². The van der Waals surface area contributed by atoms with Crippen molar-refractivity contribution in [2.24, 2.45) is 0 Å². The molecule has 0 atom stereocenters. The molecule has 7 heteroatoms. The summed E-state index contributed by atoms with van der Waals surface area (Å²) in [5, 5.41) is 12.6. The van der Waals surface area contributed by atoms with E-state index in [4.69, 9.17) is 12.7 Å². The number of amides is 2. The summed E-state index contributed by atoms with van der Waals surface area (Å²) in [5.74, 6) is -0.266. The van der Waals surface area contributed by atoms with E-state index in [1.54, 1.807) is 53.2 Å². The Hall–Kier alpha value is -3.94. The maximum absolute atomic E-state index is 13.9. The van der Waals surface area contributed by atoms with E-state index in [1.165, 1.54) is 4.90 Å². The fraction of sp³-hybridized carbons (Fsp3) is 0.226. The van der Waals surface area contributed by atoms with Crippen LogP contribution in [0, 0.1) is 0 Å². The highest BCUT2D eigenvalue weighted by atomic mass is 32.1. The molecule has 4 aromatic rings. The Kier molecular flexibility index (Phi) is 9.07. The van der Waals surface area contributed by atoms with Crippen LogP contribution >= 0.6 is 11.3 Å². The molecule has 0 saturated heterocycles. The maximum atomic E-state index is 13.9. The summed E-state index contributed by atoms with van der Waals surface area (Å²) in [4.78, 5) is 26.3. The van der Waals surface area contributed by atoms with E-state index in [9.17, 15) is 9.59 Å². The molecule has 0 radical (unpaired) electrons. The number of benzene rings is 3. The van der Waals surface area contributed by atoms with Crippen molar-refractivity contribution in [3.05, 3.63) is 112 Å². The van der Waals surface area contributed by atoms with Gasteiger partial charge in [0.05, 0.1) is 9.35 Å². The number of thiophene rings is 1. The van der Waals surface area contributed by atoms with Crippen LogP contribution in [0.4, 0.5) is 0 Å². The van der Waals surface area contributed by atoms with Gasteiger partial charge in [-0.15, -0.1) is 0 Å². The van der Waals surface area contributed by atoms with Crippen LogP contribution in [0.2, 0.25) is 0 Å². The standard InChI is InChI=1S/C31H32N2O4S/c34-30(32-36)13-5-2-8-19-37-29-12-7-6-11-27(29)22-33(21-24-9-3-1-4-10-24)31(35)26-16-14-25(15-17-26)28-18-20-38-23-28/h1,3-4,6-7,9-12,14-18,20,23,36H,2,5,8,13,19,21-22H2,(H,32,34)/i21D2. The zero-order valence-electron chi connectivity index (χ0n) is 23.0. The number of hydroxylamine groups is 1. The fourth-order valence-electron chi connectivity index (χ4n) is 3.97. The van der Waals surface area contributed by atoms with Gasteiger partial charge in [-0.3, -0.25) is 14.8 Å². The minimum atomic E-state index is -2.09. The molecule has 0 spiro atoms. The van der Waals surface area contributed by atoms with Crippen molar-refractivity contribution in [1.29, 1.82) is 0 Å². The van der Waals surface area contributed by atoms with Gasteiger partial charge in [-0.1, -0.05) is 60.7 Å². The molecule has 38 heavy (non-hydrogen) atoms. The van der Waals surface area contributed by atoms with E-state index in [2.05, 4.69) is 0 Å². The Balaban J connectivity index is 1.54. The van der Waals surface area contributed by atoms with E-state index < -0.39 is 18.3 Å². The third-order valence-corrected chi connectivity index (χ3v) is 6.68. The molecule has 6 nitrogen and oxygen atoms in total. The highest BCUT2D eigenvalue weighted by Gasteiger charge is 2.19. The minimum absolute atomic E-state index is 0.000145. The van der Waals surface area contributed by atoms with Gasteiger partial charge in [-0.25, -0.2) is 5.48 Å². The molecule has 0 aliphatic heterocycles. The van der Waals surface area contributed by atoms with Crippen molar-refractivity contribution >= 4 is 23.2 Å². The lowest BCUT2D eigenvalue weighted by atomic mass is 10.1. The zero-order valence-corrected chi connectivity index (χ0v) is 21.8. The number of nitrogens with zero attached hydrogens (tertiary/aromatic N) is 1. The minimum Gasteiger partial charge on any atom is -0.493 e. The summed E-state index contributed by atoms with van der Waals surface area (Å²) in [7, 11) is 0. The first kappa shape index (κ1) is 24.4. The Morgan fingerprint density at radius 1 is 0.895 bits per heavy atom. The normalized spacial score (nSPS) is 11.8. The second-order valence-corrected chi connectivity index (χ2v) is 9.54. The summed E-state index contributed by atoms with van der Waals surface area (Å²) in [6.45, 7) is -1.69. The van der Waals surface area contributed by atoms with Gasteiger partial charge in [0.25, 0.3) is 5.91 Å². The second-order valence-electron chi connectivity index (χ2n) is 8.76. The first-order valence-corrected chi connectivity index (χ1v) is 13.5. The van der Waals surface area contributed by atoms with Crippen LogP contribution in [-0.4, -0.2) is 28.5 Å². The first-order valence-electron chi connectivity index (χ1n) is 13.5. The van der Waals surface area contributed by atoms with Gasteiger partial charge >= 0.3 is 0 Å². The summed E-state index contributed by atoms with van der Waals surface area (Å²) in [6, 6.07) is 25.3. The first-order chi connectivity index (χ1) is 19.4. The molecule has 2 amide bonds. The molecule has 0 saturated carbocycles. The number of hydrogen-bond acceptors (Lipinski definition) is 5. The van der Waals surface area contributed by atoms with E-state index in [1.807, 2.05) is 59.3 Å². The van der Waals surface area contributed by atoms with E-state index in [0.717, 1.165) is 17.5 Å². The Labute approximate surface area is 230 Å². The van der Waals surface area contributed by atoms with Crippen LogP contribution in [0.3, 0.4) is 0 Å². The molecule has 196 valence electrons. The average molecular weight is 531 g/mol. The summed E-state index contributed by atoms with van der Waals surface area (Å²) in [6.07, 6.45) is 2.32. The predicted molar refractivity (Wildman–Crippen MR) is 150 cm³/mol. The zero-order chi connectivity index (χ0) is 28.4. The van der Waals surface area contributed by atoms with Gasteiger partial charge in [0, 0.05) is 30.6 Å². The Morgan fingerprint density at radius 2 is 1.66 bits per heavy atom. The van der Waals surface area contributed by atoms with Gasteiger partial charge in [-0.05, 0) is 71.0 Å².